The molecule has 2 aromatic heterocycles. The van der Waals surface area contributed by atoms with Gasteiger partial charge in [0.25, 0.3) is 5.56 Å². The van der Waals surface area contributed by atoms with Crippen LogP contribution in [0.5, 0.6) is 0 Å². The number of thiophene rings is 1. The summed E-state index contributed by atoms with van der Waals surface area (Å²) < 4.78 is 1.95. The van der Waals surface area contributed by atoms with Gasteiger partial charge in [0.1, 0.15) is 4.70 Å². The molecule has 142 valence electrons. The van der Waals surface area contributed by atoms with Crippen LogP contribution in [0.4, 0.5) is 0 Å². The van der Waals surface area contributed by atoms with E-state index in [9.17, 15) is 9.59 Å². The fourth-order valence-electron chi connectivity index (χ4n) is 2.42. The van der Waals surface area contributed by atoms with E-state index in [4.69, 9.17) is 23.2 Å². The van der Waals surface area contributed by atoms with Gasteiger partial charge < -0.3 is 5.32 Å². The number of nitrogens with zero attached hydrogens (tertiary/aromatic N) is 2. The predicted molar refractivity (Wildman–Crippen MR) is 114 cm³/mol. The summed E-state index contributed by atoms with van der Waals surface area (Å²) in [7, 11) is 0. The molecule has 0 aliphatic rings. The number of benzene rings is 1. The Labute approximate surface area is 174 Å². The minimum Gasteiger partial charge on any atom is -0.353 e. The van der Waals surface area contributed by atoms with Gasteiger partial charge in [-0.25, -0.2) is 4.98 Å². The van der Waals surface area contributed by atoms with Crippen molar-refractivity contribution in [1.29, 1.82) is 0 Å². The van der Waals surface area contributed by atoms with Gasteiger partial charge in [0.2, 0.25) is 5.91 Å². The van der Waals surface area contributed by atoms with Crippen LogP contribution >= 0.6 is 46.3 Å². The predicted octanol–water partition coefficient (Wildman–Crippen LogP) is 4.76. The van der Waals surface area contributed by atoms with Crippen LogP contribution < -0.4 is 10.9 Å². The lowest BCUT2D eigenvalue weighted by Gasteiger charge is -2.15. The first-order valence-electron chi connectivity index (χ1n) is 8.29. The van der Waals surface area contributed by atoms with Crippen molar-refractivity contribution in [3.8, 4) is 5.69 Å². The van der Waals surface area contributed by atoms with Crippen LogP contribution in [-0.4, -0.2) is 27.3 Å². The molecule has 27 heavy (non-hydrogen) atoms. The van der Waals surface area contributed by atoms with Crippen LogP contribution in [-0.2, 0) is 4.79 Å². The molecule has 0 bridgehead atoms. The van der Waals surface area contributed by atoms with Gasteiger partial charge in [-0.3, -0.25) is 14.2 Å². The van der Waals surface area contributed by atoms with Crippen molar-refractivity contribution in [2.45, 2.75) is 31.5 Å². The maximum absolute atomic E-state index is 13.1. The Morgan fingerprint density at radius 3 is 2.89 bits per heavy atom. The quantitative estimate of drug-likeness (QED) is 0.442. The summed E-state index contributed by atoms with van der Waals surface area (Å²) in [5.74, 6) is 0.0303. The van der Waals surface area contributed by atoms with Crippen LogP contribution in [0.2, 0.25) is 10.0 Å². The Morgan fingerprint density at radius 1 is 1.37 bits per heavy atom. The minimum absolute atomic E-state index is 0.0926. The zero-order chi connectivity index (χ0) is 19.6. The summed E-state index contributed by atoms with van der Waals surface area (Å²) in [6, 6.07) is 6.96. The van der Waals surface area contributed by atoms with E-state index >= 15 is 0 Å². The smallest absolute Gasteiger partial charge is 0.276 e. The van der Waals surface area contributed by atoms with Crippen LogP contribution in [0.3, 0.4) is 0 Å². The van der Waals surface area contributed by atoms with Crippen LogP contribution in [0.1, 0.15) is 20.3 Å². The summed E-state index contributed by atoms with van der Waals surface area (Å²) in [5.41, 5.74) is 0.815. The molecule has 3 rings (SSSR count). The molecule has 0 aliphatic carbocycles. The molecule has 1 unspecified atom stereocenters. The molecule has 0 aliphatic heterocycles. The zero-order valence-electron chi connectivity index (χ0n) is 14.7. The van der Waals surface area contributed by atoms with Crippen molar-refractivity contribution in [2.75, 3.05) is 5.75 Å². The summed E-state index contributed by atoms with van der Waals surface area (Å²) in [4.78, 5) is 29.8. The van der Waals surface area contributed by atoms with Gasteiger partial charge in [-0.1, -0.05) is 48.0 Å². The molecule has 0 radical (unpaired) electrons. The first-order chi connectivity index (χ1) is 12.9. The van der Waals surface area contributed by atoms with Crippen molar-refractivity contribution < 1.29 is 4.79 Å². The maximum atomic E-state index is 13.1. The van der Waals surface area contributed by atoms with Crippen LogP contribution in [0.15, 0.2) is 39.6 Å². The van der Waals surface area contributed by atoms with Gasteiger partial charge in [-0.2, -0.15) is 0 Å². The first-order valence-corrected chi connectivity index (χ1v) is 10.9. The Morgan fingerprint density at radius 2 is 2.15 bits per heavy atom. The molecule has 1 N–H and O–H groups in total. The largest absolute Gasteiger partial charge is 0.353 e. The molecule has 0 fully saturated rings. The molecular formula is C18H17Cl2N3O2S2. The highest BCUT2D eigenvalue weighted by atomic mass is 35.5. The van der Waals surface area contributed by atoms with Gasteiger partial charge in [0.05, 0.1) is 27.0 Å². The summed E-state index contributed by atoms with van der Waals surface area (Å²) in [5, 5.41) is 5.73. The number of aromatic nitrogens is 2. The van der Waals surface area contributed by atoms with Crippen molar-refractivity contribution in [1.82, 2.24) is 14.9 Å². The standard InChI is InChI=1S/C18H17Cl2N3O2S2/c1-3-10(2)21-14(24)9-27-18-22-12-7-8-26-16(12)17(25)23(18)13-6-4-5-11(19)15(13)20/h4-8,10H,3,9H2,1-2H3,(H,21,24). The number of fused-ring (bicyclic) bond motifs is 1. The lowest BCUT2D eigenvalue weighted by molar-refractivity contribution is -0.119. The molecule has 1 atom stereocenters. The number of amides is 1. The molecule has 0 saturated heterocycles. The number of halogens is 2. The molecule has 2 heterocycles. The van der Waals surface area contributed by atoms with Crippen molar-refractivity contribution in [3.63, 3.8) is 0 Å². The highest BCUT2D eigenvalue weighted by Crippen LogP contribution is 2.31. The van der Waals surface area contributed by atoms with Gasteiger partial charge in [0.15, 0.2) is 5.16 Å². The first kappa shape index (κ1) is 20.2. The van der Waals surface area contributed by atoms with E-state index in [1.54, 1.807) is 24.3 Å². The minimum atomic E-state index is -0.232. The van der Waals surface area contributed by atoms with Gasteiger partial charge in [-0.15, -0.1) is 11.3 Å². The van der Waals surface area contributed by atoms with E-state index in [-0.39, 0.29) is 28.3 Å². The van der Waals surface area contributed by atoms with Crippen molar-refractivity contribution in [2.24, 2.45) is 0 Å². The summed E-state index contributed by atoms with van der Waals surface area (Å²) >= 11 is 15.0. The van der Waals surface area contributed by atoms with Gasteiger partial charge in [0, 0.05) is 6.04 Å². The monoisotopic (exact) mass is 441 g/mol. The molecule has 0 saturated carbocycles. The fraction of sp³-hybridized carbons (Fsp3) is 0.278. The third-order valence-electron chi connectivity index (χ3n) is 3.97. The molecule has 9 heteroatoms. The van der Waals surface area contributed by atoms with Crippen LogP contribution in [0.25, 0.3) is 15.9 Å². The molecule has 1 amide bonds. The number of thioether (sulfide) groups is 1. The maximum Gasteiger partial charge on any atom is 0.276 e. The van der Waals surface area contributed by atoms with Gasteiger partial charge >= 0.3 is 0 Å². The van der Waals surface area contributed by atoms with Crippen molar-refractivity contribution in [3.05, 3.63) is 50.0 Å². The highest BCUT2D eigenvalue weighted by molar-refractivity contribution is 7.99. The second-order valence-electron chi connectivity index (χ2n) is 5.91. The third kappa shape index (κ3) is 4.32. The zero-order valence-corrected chi connectivity index (χ0v) is 17.8. The second kappa shape index (κ2) is 8.65. The molecule has 0 spiro atoms. The molecular weight excluding hydrogens is 425 g/mol. The number of hydrogen-bond donors (Lipinski definition) is 1. The third-order valence-corrected chi connectivity index (χ3v) is 6.61. The number of carbonyl (C=O) groups excluding carboxylic acids is 1. The fourth-order valence-corrected chi connectivity index (χ4v) is 4.37. The SMILES string of the molecule is CCC(C)NC(=O)CSc1nc2ccsc2c(=O)n1-c1cccc(Cl)c1Cl. The number of rotatable bonds is 6. The highest BCUT2D eigenvalue weighted by Gasteiger charge is 2.18. The molecule has 5 nitrogen and oxygen atoms in total. The normalized spacial score (nSPS) is 12.3. The number of hydrogen-bond acceptors (Lipinski definition) is 5. The molecule has 1 aromatic carbocycles. The Hall–Kier alpha value is -1.54. The Bertz CT molecular complexity index is 1050. The van der Waals surface area contributed by atoms with E-state index in [1.165, 1.54) is 27.7 Å². The van der Waals surface area contributed by atoms with E-state index in [1.807, 2.05) is 19.2 Å². The Balaban J connectivity index is 2.05. The lowest BCUT2D eigenvalue weighted by Crippen LogP contribution is -2.33. The van der Waals surface area contributed by atoms with E-state index < -0.39 is 0 Å². The van der Waals surface area contributed by atoms with Crippen LogP contribution in [0, 0.1) is 0 Å². The summed E-state index contributed by atoms with van der Waals surface area (Å²) in [6.45, 7) is 3.95. The van der Waals surface area contributed by atoms with Crippen molar-refractivity contribution >= 4 is 62.4 Å². The Kier molecular flexibility index (Phi) is 6.47. The average Bonchev–Trinajstić information content (AvgIpc) is 3.12. The number of nitrogens with one attached hydrogen (secondary N) is 1. The second-order valence-corrected chi connectivity index (χ2v) is 8.55. The summed E-state index contributed by atoms with van der Waals surface area (Å²) in [6.07, 6.45) is 0.846. The molecule has 3 aromatic rings. The topological polar surface area (TPSA) is 64.0 Å². The van der Waals surface area contributed by atoms with E-state index in [0.717, 1.165) is 6.42 Å². The van der Waals surface area contributed by atoms with E-state index in [0.29, 0.717) is 26.1 Å². The lowest BCUT2D eigenvalue weighted by atomic mass is 10.3. The van der Waals surface area contributed by atoms with Gasteiger partial charge in [-0.05, 0) is 36.9 Å². The van der Waals surface area contributed by atoms with E-state index in [2.05, 4.69) is 10.3 Å². The number of carbonyl (C=O) groups is 1. The average molecular weight is 442 g/mol.